The monoisotopic (exact) mass is 286 g/mol. The summed E-state index contributed by atoms with van der Waals surface area (Å²) in [4.78, 5) is 0. The van der Waals surface area contributed by atoms with Crippen molar-refractivity contribution in [1.29, 1.82) is 0 Å². The Kier molecular flexibility index (Phi) is 5.80. The first-order valence-corrected chi connectivity index (χ1v) is 6.36. The number of benzene rings is 1. The van der Waals surface area contributed by atoms with Gasteiger partial charge in [0.05, 0.1) is 6.61 Å². The first kappa shape index (κ1) is 13.5. The van der Waals surface area contributed by atoms with Crippen LogP contribution in [0.15, 0.2) is 22.7 Å². The van der Waals surface area contributed by atoms with Gasteiger partial charge in [0.25, 0.3) is 0 Å². The quantitative estimate of drug-likeness (QED) is 0.845. The summed E-state index contributed by atoms with van der Waals surface area (Å²) in [6.07, 6.45) is 1.81. The van der Waals surface area contributed by atoms with Crippen molar-refractivity contribution in [3.05, 3.63) is 28.2 Å². The maximum absolute atomic E-state index is 6.12. The molecule has 0 heterocycles. The van der Waals surface area contributed by atoms with E-state index in [9.17, 15) is 0 Å². The Morgan fingerprint density at radius 2 is 2.19 bits per heavy atom. The molecular formula is C12H19BrN2O. The maximum Gasteiger partial charge on any atom is 0.124 e. The summed E-state index contributed by atoms with van der Waals surface area (Å²) in [5, 5.41) is 0. The highest BCUT2D eigenvalue weighted by Crippen LogP contribution is 2.29. The molecule has 0 aliphatic rings. The molecule has 4 N–H and O–H groups in total. The van der Waals surface area contributed by atoms with Crippen LogP contribution in [0.4, 0.5) is 0 Å². The van der Waals surface area contributed by atoms with Crippen LogP contribution in [0.25, 0.3) is 0 Å². The van der Waals surface area contributed by atoms with Crippen molar-refractivity contribution in [2.45, 2.75) is 25.8 Å². The minimum absolute atomic E-state index is 0.0115. The van der Waals surface area contributed by atoms with Crippen LogP contribution in [-0.4, -0.2) is 13.2 Å². The Balaban J connectivity index is 2.85. The van der Waals surface area contributed by atoms with E-state index in [1.165, 1.54) is 0 Å². The summed E-state index contributed by atoms with van der Waals surface area (Å²) in [5.41, 5.74) is 12.7. The third kappa shape index (κ3) is 3.77. The van der Waals surface area contributed by atoms with Crippen molar-refractivity contribution in [2.75, 3.05) is 13.2 Å². The van der Waals surface area contributed by atoms with Crippen LogP contribution in [0.5, 0.6) is 5.75 Å². The van der Waals surface area contributed by atoms with Gasteiger partial charge in [0.15, 0.2) is 0 Å². The minimum Gasteiger partial charge on any atom is -0.494 e. The second-order valence-electron chi connectivity index (χ2n) is 3.65. The number of ether oxygens (including phenoxy) is 1. The molecule has 0 amide bonds. The molecule has 0 unspecified atom stereocenters. The van der Waals surface area contributed by atoms with Crippen LogP contribution in [0.3, 0.4) is 0 Å². The van der Waals surface area contributed by atoms with Gasteiger partial charge in [-0.3, -0.25) is 0 Å². The van der Waals surface area contributed by atoms with Crippen LogP contribution < -0.4 is 16.2 Å². The van der Waals surface area contributed by atoms with Gasteiger partial charge >= 0.3 is 0 Å². The molecule has 1 rings (SSSR count). The van der Waals surface area contributed by atoms with Crippen molar-refractivity contribution in [2.24, 2.45) is 11.5 Å². The topological polar surface area (TPSA) is 61.3 Å². The number of hydrogen-bond acceptors (Lipinski definition) is 3. The summed E-state index contributed by atoms with van der Waals surface area (Å²) >= 11 is 3.45. The lowest BCUT2D eigenvalue weighted by atomic mass is 10.0. The highest BCUT2D eigenvalue weighted by Gasteiger charge is 2.12. The summed E-state index contributed by atoms with van der Waals surface area (Å²) in [6.45, 7) is 3.29. The molecular weight excluding hydrogens is 268 g/mol. The van der Waals surface area contributed by atoms with Crippen molar-refractivity contribution < 1.29 is 4.74 Å². The van der Waals surface area contributed by atoms with E-state index >= 15 is 0 Å². The van der Waals surface area contributed by atoms with Gasteiger partial charge in [0.1, 0.15) is 5.75 Å². The Labute approximate surface area is 105 Å². The molecule has 0 saturated carbocycles. The fraction of sp³-hybridized carbons (Fsp3) is 0.500. The van der Waals surface area contributed by atoms with Crippen molar-refractivity contribution in [1.82, 2.24) is 0 Å². The average molecular weight is 287 g/mol. The number of nitrogens with two attached hydrogens (primary N) is 2. The zero-order chi connectivity index (χ0) is 12.0. The third-order valence-electron chi connectivity index (χ3n) is 2.39. The molecule has 0 aromatic heterocycles. The van der Waals surface area contributed by atoms with E-state index in [2.05, 4.69) is 15.9 Å². The first-order valence-electron chi connectivity index (χ1n) is 5.57. The second-order valence-corrected chi connectivity index (χ2v) is 4.57. The van der Waals surface area contributed by atoms with Gasteiger partial charge in [0, 0.05) is 16.1 Å². The predicted molar refractivity (Wildman–Crippen MR) is 70.5 cm³/mol. The molecule has 90 valence electrons. The number of rotatable bonds is 6. The molecule has 0 aliphatic heterocycles. The highest BCUT2D eigenvalue weighted by atomic mass is 79.9. The van der Waals surface area contributed by atoms with Crippen molar-refractivity contribution in [3.63, 3.8) is 0 Å². The minimum atomic E-state index is -0.0115. The van der Waals surface area contributed by atoms with Gasteiger partial charge in [0.2, 0.25) is 0 Å². The molecule has 1 atom stereocenters. The molecule has 0 fully saturated rings. The van der Waals surface area contributed by atoms with Gasteiger partial charge in [-0.25, -0.2) is 0 Å². The van der Waals surface area contributed by atoms with Gasteiger partial charge < -0.3 is 16.2 Å². The molecule has 0 aliphatic carbocycles. The van der Waals surface area contributed by atoms with Crippen molar-refractivity contribution in [3.8, 4) is 5.75 Å². The Morgan fingerprint density at radius 3 is 2.81 bits per heavy atom. The predicted octanol–water partition coefficient (Wildman–Crippen LogP) is 2.59. The lowest BCUT2D eigenvalue weighted by Crippen LogP contribution is -2.14. The second kappa shape index (κ2) is 6.89. The Morgan fingerprint density at radius 1 is 1.44 bits per heavy atom. The van der Waals surface area contributed by atoms with Crippen LogP contribution in [0.2, 0.25) is 0 Å². The summed E-state index contributed by atoms with van der Waals surface area (Å²) < 4.78 is 6.58. The highest BCUT2D eigenvalue weighted by molar-refractivity contribution is 9.10. The molecule has 4 heteroatoms. The smallest absolute Gasteiger partial charge is 0.124 e. The lowest BCUT2D eigenvalue weighted by molar-refractivity contribution is 0.333. The van der Waals surface area contributed by atoms with Crippen LogP contribution in [-0.2, 0) is 0 Å². The Hall–Kier alpha value is -0.580. The van der Waals surface area contributed by atoms with Crippen molar-refractivity contribution >= 4 is 15.9 Å². The van der Waals surface area contributed by atoms with Gasteiger partial charge in [-0.15, -0.1) is 0 Å². The van der Waals surface area contributed by atoms with Gasteiger partial charge in [-0.05, 0) is 44.5 Å². The SMILES string of the molecule is CCOc1ccc(Br)cc1[C@@H](N)CCCN. The van der Waals surface area contributed by atoms with Gasteiger partial charge in [-0.1, -0.05) is 15.9 Å². The van der Waals surface area contributed by atoms with Crippen LogP contribution in [0.1, 0.15) is 31.4 Å². The Bertz CT molecular complexity index is 331. The molecule has 16 heavy (non-hydrogen) atoms. The standard InChI is InChI=1S/C12H19BrN2O/c1-2-16-12-6-5-9(13)8-10(12)11(15)4-3-7-14/h5-6,8,11H,2-4,7,14-15H2,1H3/t11-/m0/s1. The molecule has 0 radical (unpaired) electrons. The van der Waals surface area contributed by atoms with E-state index in [-0.39, 0.29) is 6.04 Å². The summed E-state index contributed by atoms with van der Waals surface area (Å²) in [7, 11) is 0. The van der Waals surface area contributed by atoms with Crippen LogP contribution >= 0.6 is 15.9 Å². The van der Waals surface area contributed by atoms with E-state index in [0.717, 1.165) is 28.6 Å². The molecule has 0 saturated heterocycles. The van der Waals surface area contributed by atoms with Gasteiger partial charge in [-0.2, -0.15) is 0 Å². The summed E-state index contributed by atoms with van der Waals surface area (Å²) in [6, 6.07) is 5.92. The third-order valence-corrected chi connectivity index (χ3v) is 2.88. The molecule has 1 aromatic rings. The molecule has 0 spiro atoms. The molecule has 1 aromatic carbocycles. The first-order chi connectivity index (χ1) is 7.69. The maximum atomic E-state index is 6.12. The normalized spacial score (nSPS) is 12.5. The van der Waals surface area contributed by atoms with Crippen LogP contribution in [0, 0.1) is 0 Å². The zero-order valence-corrected chi connectivity index (χ0v) is 11.2. The largest absolute Gasteiger partial charge is 0.494 e. The molecule has 0 bridgehead atoms. The van der Waals surface area contributed by atoms with E-state index < -0.39 is 0 Å². The average Bonchev–Trinajstić information content (AvgIpc) is 2.28. The van der Waals surface area contributed by atoms with E-state index in [0.29, 0.717) is 13.2 Å². The lowest BCUT2D eigenvalue weighted by Gasteiger charge is -2.16. The van der Waals surface area contributed by atoms with E-state index in [1.807, 2.05) is 25.1 Å². The fourth-order valence-electron chi connectivity index (χ4n) is 1.59. The van der Waals surface area contributed by atoms with E-state index in [1.54, 1.807) is 0 Å². The summed E-state index contributed by atoms with van der Waals surface area (Å²) in [5.74, 6) is 0.871. The number of halogens is 1. The molecule has 3 nitrogen and oxygen atoms in total. The zero-order valence-electron chi connectivity index (χ0n) is 9.58. The van der Waals surface area contributed by atoms with E-state index in [4.69, 9.17) is 16.2 Å². The number of hydrogen-bond donors (Lipinski definition) is 2. The fourth-order valence-corrected chi connectivity index (χ4v) is 1.97.